The van der Waals surface area contributed by atoms with Crippen molar-refractivity contribution >= 4 is 16.4 Å². The lowest BCUT2D eigenvalue weighted by molar-refractivity contribution is 0.567. The Hall–Kier alpha value is -0.960. The van der Waals surface area contributed by atoms with E-state index in [0.29, 0.717) is 10.5 Å². The third-order valence-electron chi connectivity index (χ3n) is 1.34. The largest absolute Gasteiger partial charge is 0.288 e. The van der Waals surface area contributed by atoms with Crippen LogP contribution in [0.15, 0.2) is 29.2 Å². The van der Waals surface area contributed by atoms with Gasteiger partial charge < -0.3 is 0 Å². The smallest absolute Gasteiger partial charge is 0.211 e. The van der Waals surface area contributed by atoms with E-state index in [9.17, 15) is 9.00 Å². The van der Waals surface area contributed by atoms with E-state index in [0.717, 1.165) is 5.56 Å². The van der Waals surface area contributed by atoms with Gasteiger partial charge in [-0.25, -0.2) is 4.21 Å². The topological polar surface area (TPSA) is 34.1 Å². The summed E-state index contributed by atoms with van der Waals surface area (Å²) in [6.07, 6.45) is 0. The van der Waals surface area contributed by atoms with Crippen LogP contribution in [0.5, 0.6) is 0 Å². The lowest BCUT2D eigenvalue weighted by Crippen LogP contribution is -1.90. The molecule has 1 unspecified atom stereocenters. The fourth-order valence-electron chi connectivity index (χ4n) is 0.728. The van der Waals surface area contributed by atoms with Crippen LogP contribution in [0.3, 0.4) is 0 Å². The molecule has 1 atom stereocenters. The molecule has 1 aromatic carbocycles. The average molecular weight is 168 g/mol. The van der Waals surface area contributed by atoms with Crippen molar-refractivity contribution in [3.63, 3.8) is 0 Å². The molecule has 1 rings (SSSR count). The Morgan fingerprint density at radius 2 is 1.82 bits per heavy atom. The Morgan fingerprint density at radius 1 is 1.27 bits per heavy atom. The molecule has 2 nitrogen and oxygen atoms in total. The standard InChI is InChI=1S/C8H8O2S/c1-7-2-4-8(5-3-7)11(10)6-9/h2-6H,1H3. The number of rotatable bonds is 2. The van der Waals surface area contributed by atoms with Gasteiger partial charge in [-0.1, -0.05) is 17.7 Å². The summed E-state index contributed by atoms with van der Waals surface area (Å²) in [6.45, 7) is 1.94. The number of hydrogen-bond donors (Lipinski definition) is 0. The summed E-state index contributed by atoms with van der Waals surface area (Å²) in [5.41, 5.74) is 1.53. The molecule has 0 amide bonds. The van der Waals surface area contributed by atoms with Crippen molar-refractivity contribution in [1.29, 1.82) is 0 Å². The van der Waals surface area contributed by atoms with Gasteiger partial charge in [0.15, 0.2) is 0 Å². The molecule has 1 aromatic rings. The van der Waals surface area contributed by atoms with Gasteiger partial charge in [0.2, 0.25) is 5.62 Å². The highest BCUT2D eigenvalue weighted by atomic mass is 32.2. The summed E-state index contributed by atoms with van der Waals surface area (Å²) in [4.78, 5) is 10.7. The molecule has 58 valence electrons. The van der Waals surface area contributed by atoms with Crippen LogP contribution in [0.4, 0.5) is 0 Å². The first kappa shape index (κ1) is 8.14. The third-order valence-corrected chi connectivity index (χ3v) is 2.25. The zero-order valence-electron chi connectivity index (χ0n) is 6.11. The summed E-state index contributed by atoms with van der Waals surface area (Å²) in [5, 5.41) is 0. The predicted molar refractivity (Wildman–Crippen MR) is 44.3 cm³/mol. The van der Waals surface area contributed by atoms with Crippen molar-refractivity contribution in [2.75, 3.05) is 0 Å². The van der Waals surface area contributed by atoms with Gasteiger partial charge in [0, 0.05) is 4.90 Å². The van der Waals surface area contributed by atoms with Gasteiger partial charge in [0.25, 0.3) is 0 Å². The Morgan fingerprint density at radius 3 is 2.27 bits per heavy atom. The van der Waals surface area contributed by atoms with Crippen LogP contribution in [0, 0.1) is 6.92 Å². The number of hydrogen-bond acceptors (Lipinski definition) is 2. The zero-order chi connectivity index (χ0) is 8.27. The van der Waals surface area contributed by atoms with Gasteiger partial charge in [0.05, 0.1) is 0 Å². The molecule has 0 aliphatic carbocycles. The highest BCUT2D eigenvalue weighted by Crippen LogP contribution is 2.06. The molecule has 0 saturated heterocycles. The molecule has 0 aliphatic heterocycles. The summed E-state index contributed by atoms with van der Waals surface area (Å²) < 4.78 is 10.9. The first-order valence-electron chi connectivity index (χ1n) is 3.16. The van der Waals surface area contributed by atoms with Crippen LogP contribution >= 0.6 is 0 Å². The Kier molecular flexibility index (Phi) is 2.54. The molecule has 0 radical (unpaired) electrons. The maximum atomic E-state index is 10.9. The van der Waals surface area contributed by atoms with E-state index in [4.69, 9.17) is 0 Å². The van der Waals surface area contributed by atoms with Crippen molar-refractivity contribution in [2.24, 2.45) is 0 Å². The number of aryl methyl sites for hydroxylation is 1. The van der Waals surface area contributed by atoms with Crippen LogP contribution in [0.2, 0.25) is 0 Å². The molecule has 3 heteroatoms. The number of benzene rings is 1. The molecule has 0 aromatic heterocycles. The van der Waals surface area contributed by atoms with Crippen molar-refractivity contribution in [3.05, 3.63) is 29.8 Å². The van der Waals surface area contributed by atoms with E-state index in [1.807, 2.05) is 19.1 Å². The average Bonchev–Trinajstić information content (AvgIpc) is 2.05. The van der Waals surface area contributed by atoms with Gasteiger partial charge in [-0.3, -0.25) is 4.79 Å². The molecular formula is C8H8O2S. The normalized spacial score (nSPS) is 12.5. The van der Waals surface area contributed by atoms with Crippen molar-refractivity contribution < 1.29 is 9.00 Å². The lowest BCUT2D eigenvalue weighted by Gasteiger charge is -1.94. The Bertz CT molecular complexity index is 277. The van der Waals surface area contributed by atoms with Crippen molar-refractivity contribution in [1.82, 2.24) is 0 Å². The van der Waals surface area contributed by atoms with E-state index < -0.39 is 10.8 Å². The SMILES string of the molecule is Cc1ccc(S(=O)C=O)cc1. The molecule has 0 bridgehead atoms. The van der Waals surface area contributed by atoms with Crippen LogP contribution in [-0.2, 0) is 15.6 Å². The van der Waals surface area contributed by atoms with Gasteiger partial charge >= 0.3 is 0 Å². The molecular weight excluding hydrogens is 160 g/mol. The fraction of sp³-hybridized carbons (Fsp3) is 0.125. The van der Waals surface area contributed by atoms with Crippen LogP contribution in [0.1, 0.15) is 5.56 Å². The maximum absolute atomic E-state index is 10.9. The molecule has 0 saturated carbocycles. The van der Waals surface area contributed by atoms with Crippen molar-refractivity contribution in [2.45, 2.75) is 11.8 Å². The molecule has 0 fully saturated rings. The predicted octanol–water partition coefficient (Wildman–Crippen LogP) is 1.29. The minimum absolute atomic E-state index is 0.435. The molecule has 0 heterocycles. The Labute approximate surface area is 67.7 Å². The maximum Gasteiger partial charge on any atom is 0.211 e. The molecule has 11 heavy (non-hydrogen) atoms. The molecule has 0 N–H and O–H groups in total. The molecule has 0 aliphatic rings. The summed E-state index contributed by atoms with van der Waals surface area (Å²) >= 11 is 0. The highest BCUT2D eigenvalue weighted by Gasteiger charge is 1.98. The van der Waals surface area contributed by atoms with E-state index in [-0.39, 0.29) is 0 Å². The second kappa shape index (κ2) is 3.44. The monoisotopic (exact) mass is 168 g/mol. The summed E-state index contributed by atoms with van der Waals surface area (Å²) in [7, 11) is -1.48. The minimum atomic E-state index is -1.48. The highest BCUT2D eigenvalue weighted by molar-refractivity contribution is 7.98. The van der Waals surface area contributed by atoms with Gasteiger partial charge in [-0.05, 0) is 19.1 Å². The summed E-state index contributed by atoms with van der Waals surface area (Å²) in [6, 6.07) is 7.05. The fourth-order valence-corrected chi connectivity index (χ4v) is 1.24. The molecule has 0 spiro atoms. The second-order valence-corrected chi connectivity index (χ2v) is 3.47. The summed E-state index contributed by atoms with van der Waals surface area (Å²) in [5.74, 6) is 0. The van der Waals surface area contributed by atoms with Gasteiger partial charge in [0.1, 0.15) is 10.8 Å². The second-order valence-electron chi connectivity index (χ2n) is 2.21. The lowest BCUT2D eigenvalue weighted by atomic mass is 10.2. The van der Waals surface area contributed by atoms with E-state index in [2.05, 4.69) is 0 Å². The van der Waals surface area contributed by atoms with E-state index in [1.54, 1.807) is 12.1 Å². The Balaban J connectivity index is 2.98. The van der Waals surface area contributed by atoms with Crippen LogP contribution in [-0.4, -0.2) is 9.83 Å². The number of carbonyl (C=O) groups is 1. The van der Waals surface area contributed by atoms with Gasteiger partial charge in [-0.2, -0.15) is 0 Å². The van der Waals surface area contributed by atoms with Crippen LogP contribution in [0.25, 0.3) is 0 Å². The van der Waals surface area contributed by atoms with E-state index in [1.165, 1.54) is 0 Å². The van der Waals surface area contributed by atoms with Gasteiger partial charge in [-0.15, -0.1) is 0 Å². The quantitative estimate of drug-likeness (QED) is 0.623. The van der Waals surface area contributed by atoms with Crippen molar-refractivity contribution in [3.8, 4) is 0 Å². The first-order chi connectivity index (χ1) is 5.24. The first-order valence-corrected chi connectivity index (χ1v) is 4.38. The zero-order valence-corrected chi connectivity index (χ0v) is 6.93. The minimum Gasteiger partial charge on any atom is -0.288 e. The third kappa shape index (κ3) is 1.98. The van der Waals surface area contributed by atoms with Crippen LogP contribution < -0.4 is 0 Å². The van der Waals surface area contributed by atoms with E-state index >= 15 is 0 Å². The number of carbonyl (C=O) groups excluding carboxylic acids is 1.